The summed E-state index contributed by atoms with van der Waals surface area (Å²) in [6.07, 6.45) is 9.25. The summed E-state index contributed by atoms with van der Waals surface area (Å²) in [6, 6.07) is 103. The third-order valence-corrected chi connectivity index (χ3v) is 25.3. The van der Waals surface area contributed by atoms with E-state index in [1.54, 1.807) is 0 Å². The number of benzene rings is 15. The lowest BCUT2D eigenvalue weighted by Crippen LogP contribution is -2.10. The van der Waals surface area contributed by atoms with Gasteiger partial charge >= 0.3 is 0 Å². The molecule has 132 heavy (non-hydrogen) atoms. The van der Waals surface area contributed by atoms with Gasteiger partial charge in [0.25, 0.3) is 0 Å². The van der Waals surface area contributed by atoms with Gasteiger partial charge in [-0.3, -0.25) is 0 Å². The van der Waals surface area contributed by atoms with Crippen LogP contribution >= 0.6 is 0 Å². The van der Waals surface area contributed by atoms with Crippen molar-refractivity contribution in [3.8, 4) is 83.8 Å². The third-order valence-electron chi connectivity index (χ3n) is 25.3. The largest absolute Gasteiger partial charge is 0.308 e. The van der Waals surface area contributed by atoms with E-state index in [0.29, 0.717) is 0 Å². The topological polar surface area (TPSA) is 14.8 Å². The van der Waals surface area contributed by atoms with Crippen LogP contribution in [0, 0.1) is 0 Å². The number of hydrogen-bond donors (Lipinski definition) is 0. The summed E-state index contributed by atoms with van der Waals surface area (Å²) in [5.41, 5.74) is 56.1. The van der Waals surface area contributed by atoms with Crippen LogP contribution < -0.4 is 0 Å². The maximum Gasteiger partial charge on any atom is 0.0576 e. The van der Waals surface area contributed by atoms with E-state index in [1.165, 1.54) is 249 Å². The molecule has 3 heteroatoms. The van der Waals surface area contributed by atoms with E-state index in [1.807, 2.05) is 208 Å². The molecule has 0 amide bonds. The summed E-state index contributed by atoms with van der Waals surface area (Å²) in [5, 5.41) is 8.20. The predicted octanol–water partition coefficient (Wildman–Crippen LogP) is 38.9. The van der Waals surface area contributed by atoms with E-state index in [2.05, 4.69) is 287 Å². The SMILES string of the molecule is CC.CC.CC.CC.CC.CC.CC.CC.CC.CC.CC.CC.CC.CC.CC.c1ccc2c(c1)Cc1cc3c(cc1-2)-c1ccc2c(c1C3)-n1c3ccccc3c3cccc(c31)C2.c1ccc2c(c1)Cc1cc3c(cc1-2)-c1ccc2c(c1C3)-n1c3ccccc3c3cccc(c31)C2.c1ccc2c(c1)Cc1ccc3c(c1-2)-c1ccc2c(c1C3)-n1c3ccccc3c3cccc(c31)C2. The summed E-state index contributed by atoms with van der Waals surface area (Å²) in [5.74, 6) is 0. The van der Waals surface area contributed by atoms with E-state index in [9.17, 15) is 0 Å². The van der Waals surface area contributed by atoms with Crippen molar-refractivity contribution in [3.05, 3.63) is 373 Å². The van der Waals surface area contributed by atoms with Gasteiger partial charge in [-0.05, 0) is 216 Å². The molecule has 0 bridgehead atoms. The molecule has 6 aliphatic carbocycles. The molecule has 18 aromatic rings. The average molecular weight is 1750 g/mol. The molecule has 15 aromatic carbocycles. The highest BCUT2D eigenvalue weighted by molar-refractivity contribution is 6.14. The lowest BCUT2D eigenvalue weighted by atomic mass is 9.91. The Morgan fingerprint density at radius 3 is 0.727 bits per heavy atom. The lowest BCUT2D eigenvalue weighted by Gasteiger charge is -2.24. The summed E-state index contributed by atoms with van der Waals surface area (Å²) in [4.78, 5) is 0. The lowest BCUT2D eigenvalue weighted by molar-refractivity contribution is 1.02. The Balaban J connectivity index is 0.000000180. The van der Waals surface area contributed by atoms with Crippen molar-refractivity contribution < 1.29 is 0 Å². The van der Waals surface area contributed by atoms with Gasteiger partial charge in [0.2, 0.25) is 0 Å². The Bertz CT molecular complexity index is 6690. The zero-order chi connectivity index (χ0) is 95.9. The first-order valence-corrected chi connectivity index (χ1v) is 51.8. The van der Waals surface area contributed by atoms with Crippen LogP contribution in [0.3, 0.4) is 0 Å². The van der Waals surface area contributed by atoms with Crippen LogP contribution in [0.4, 0.5) is 0 Å². The predicted molar refractivity (Wildman–Crippen MR) is 590 cm³/mol. The van der Waals surface area contributed by atoms with Crippen LogP contribution in [-0.4, -0.2) is 13.7 Å². The standard InChI is InChI=1S/3C33H21N.15C2H6/c2*1-2-8-24-19(6-1)14-22-16-23-17-30-25(29(23)18-28(22)24)13-12-21-15-20-7-5-10-27-26-9-3-4-11-31(26)34(32(20)27)33(21)30;1-2-8-24-19(6-1)16-20-12-13-21-18-28-26(31(21)30(20)24)15-14-23-17-22-7-5-10-27-25-9-3-4-11-29(25)34(32(22)27)33(23)28;15*1-2/h2*1-13,16,18H,14-15,17H2;1-15H,16-18H2;15*1-2H3. The Kier molecular flexibility index (Phi) is 36.8. The van der Waals surface area contributed by atoms with Crippen molar-refractivity contribution in [3.63, 3.8) is 0 Å². The highest BCUT2D eigenvalue weighted by Crippen LogP contribution is 2.56. The van der Waals surface area contributed by atoms with Gasteiger partial charge in [-0.2, -0.15) is 0 Å². The fourth-order valence-corrected chi connectivity index (χ4v) is 21.2. The van der Waals surface area contributed by atoms with Gasteiger partial charge in [0, 0.05) is 70.8 Å². The molecule has 3 aromatic heterocycles. The van der Waals surface area contributed by atoms with Crippen LogP contribution in [0.5, 0.6) is 0 Å². The fraction of sp³-hybridized carbons (Fsp3) is 0.302. The van der Waals surface area contributed by atoms with Crippen molar-refractivity contribution in [1.29, 1.82) is 0 Å². The summed E-state index contributed by atoms with van der Waals surface area (Å²) in [6.45, 7) is 60.0. The summed E-state index contributed by atoms with van der Waals surface area (Å²) < 4.78 is 7.73. The van der Waals surface area contributed by atoms with Crippen LogP contribution in [-0.2, 0) is 57.8 Å². The molecule has 0 spiro atoms. The number of fused-ring (bicyclic) bond motifs is 37. The molecule has 0 atom stereocenters. The smallest absolute Gasteiger partial charge is 0.0576 e. The minimum Gasteiger partial charge on any atom is -0.308 e. The molecule has 0 saturated heterocycles. The molecule has 0 saturated carbocycles. The molecular weight excluding hydrogens is 1590 g/mol. The number of hydrogen-bond acceptors (Lipinski definition) is 0. The van der Waals surface area contributed by atoms with Crippen molar-refractivity contribution in [1.82, 2.24) is 13.7 Å². The second-order valence-electron chi connectivity index (χ2n) is 30.3. The van der Waals surface area contributed by atoms with Crippen molar-refractivity contribution >= 4 is 65.4 Å². The van der Waals surface area contributed by atoms with Crippen LogP contribution in [0.1, 0.15) is 308 Å². The van der Waals surface area contributed by atoms with E-state index in [-0.39, 0.29) is 0 Å². The second-order valence-corrected chi connectivity index (χ2v) is 30.3. The third kappa shape index (κ3) is 17.4. The van der Waals surface area contributed by atoms with Crippen LogP contribution in [0.15, 0.2) is 273 Å². The fourth-order valence-electron chi connectivity index (χ4n) is 21.2. The quantitative estimate of drug-likeness (QED) is 0.144. The Morgan fingerprint density at radius 1 is 0.144 bits per heavy atom. The minimum absolute atomic E-state index is 1.01. The van der Waals surface area contributed by atoms with Gasteiger partial charge in [-0.15, -0.1) is 0 Å². The monoisotopic (exact) mass is 1740 g/mol. The van der Waals surface area contributed by atoms with Gasteiger partial charge in [0.15, 0.2) is 0 Å². The van der Waals surface area contributed by atoms with Gasteiger partial charge in [0.1, 0.15) is 0 Å². The number of rotatable bonds is 0. The van der Waals surface area contributed by atoms with Gasteiger partial charge < -0.3 is 13.7 Å². The van der Waals surface area contributed by atoms with E-state index < -0.39 is 0 Å². The first-order valence-electron chi connectivity index (χ1n) is 51.8. The summed E-state index contributed by atoms with van der Waals surface area (Å²) >= 11 is 0. The highest BCUT2D eigenvalue weighted by Gasteiger charge is 2.37. The number of nitrogens with zero attached hydrogens (tertiary/aromatic N) is 3. The Hall–Kier alpha value is -12.3. The molecule has 3 nitrogen and oxygen atoms in total. The first kappa shape index (κ1) is 102. The molecule has 9 aliphatic rings. The molecule has 0 unspecified atom stereocenters. The molecule has 0 fully saturated rings. The maximum atomic E-state index is 2.58. The highest BCUT2D eigenvalue weighted by atomic mass is 15.0. The Labute approximate surface area is 796 Å². The van der Waals surface area contributed by atoms with Crippen LogP contribution in [0.25, 0.3) is 149 Å². The molecule has 6 heterocycles. The average Bonchev–Trinajstić information content (AvgIpc) is 1.63. The number of aromatic nitrogens is 3. The maximum absolute atomic E-state index is 2.58. The zero-order valence-electron chi connectivity index (χ0n) is 86.2. The van der Waals surface area contributed by atoms with Crippen molar-refractivity contribution in [2.45, 2.75) is 265 Å². The second kappa shape index (κ2) is 47.7. The summed E-state index contributed by atoms with van der Waals surface area (Å²) in [7, 11) is 0. The molecule has 0 N–H and O–H groups in total. The van der Waals surface area contributed by atoms with Gasteiger partial charge in [0.05, 0.1) is 50.2 Å². The Morgan fingerprint density at radius 2 is 0.371 bits per heavy atom. The van der Waals surface area contributed by atoms with E-state index in [0.717, 1.165) is 57.8 Å². The van der Waals surface area contributed by atoms with Gasteiger partial charge in [-0.1, -0.05) is 450 Å². The van der Waals surface area contributed by atoms with Gasteiger partial charge in [-0.25, -0.2) is 0 Å². The van der Waals surface area contributed by atoms with Crippen LogP contribution in [0.2, 0.25) is 0 Å². The van der Waals surface area contributed by atoms with E-state index in [4.69, 9.17) is 0 Å². The molecular formula is C129H153N3. The molecule has 3 aliphatic heterocycles. The number of para-hydroxylation sites is 6. The normalized spacial score (nSPS) is 11.6. The zero-order valence-corrected chi connectivity index (χ0v) is 86.2. The first-order chi connectivity index (χ1) is 65.6. The molecule has 0 radical (unpaired) electrons. The molecule has 27 rings (SSSR count). The van der Waals surface area contributed by atoms with Crippen molar-refractivity contribution in [2.24, 2.45) is 0 Å². The minimum atomic E-state index is 1.01. The molecule has 684 valence electrons. The van der Waals surface area contributed by atoms with Crippen molar-refractivity contribution in [2.75, 3.05) is 0 Å². The van der Waals surface area contributed by atoms with E-state index >= 15 is 0 Å².